The third-order valence-electron chi connectivity index (χ3n) is 4.09. The Bertz CT molecular complexity index is 387. The number of nitrogen functional groups attached to an aromatic ring is 1. The van der Waals surface area contributed by atoms with Gasteiger partial charge in [0.05, 0.1) is 5.69 Å². The van der Waals surface area contributed by atoms with Gasteiger partial charge in [-0.25, -0.2) is 0 Å². The lowest BCUT2D eigenvalue weighted by atomic mass is 9.92. The molecule has 2 atom stereocenters. The molecule has 2 unspecified atom stereocenters. The highest BCUT2D eigenvalue weighted by Gasteiger charge is 2.47. The Balaban J connectivity index is 1.83. The third-order valence-corrected chi connectivity index (χ3v) is 4.09. The van der Waals surface area contributed by atoms with E-state index in [0.717, 1.165) is 18.3 Å². The van der Waals surface area contributed by atoms with E-state index in [1.165, 1.54) is 30.5 Å². The zero-order chi connectivity index (χ0) is 11.3. The summed E-state index contributed by atoms with van der Waals surface area (Å²) in [5.41, 5.74) is 8.22. The van der Waals surface area contributed by atoms with Crippen LogP contribution >= 0.6 is 0 Å². The first-order chi connectivity index (χ1) is 7.65. The maximum Gasteiger partial charge on any atom is 0.225 e. The molecule has 2 N–H and O–H groups in total. The van der Waals surface area contributed by atoms with Crippen LogP contribution in [0.1, 0.15) is 50.3 Å². The zero-order valence-electron chi connectivity index (χ0n) is 10.1. The summed E-state index contributed by atoms with van der Waals surface area (Å²) in [6.07, 6.45) is 5.06. The highest BCUT2D eigenvalue weighted by molar-refractivity contribution is 5.41. The Morgan fingerprint density at radius 3 is 2.62 bits per heavy atom. The molecular formula is C13H20N2O. The van der Waals surface area contributed by atoms with Crippen molar-refractivity contribution in [3.8, 4) is 0 Å². The summed E-state index contributed by atoms with van der Waals surface area (Å²) in [5, 5.41) is 4.21. The van der Waals surface area contributed by atoms with Crippen LogP contribution in [0.4, 0.5) is 5.88 Å². The predicted molar refractivity (Wildman–Crippen MR) is 63.0 cm³/mol. The lowest BCUT2D eigenvalue weighted by Gasteiger charge is -2.11. The number of aromatic nitrogens is 1. The lowest BCUT2D eigenvalue weighted by molar-refractivity contribution is 0.416. The smallest absolute Gasteiger partial charge is 0.225 e. The van der Waals surface area contributed by atoms with E-state index in [0.29, 0.717) is 17.7 Å². The number of nitrogens with zero attached hydrogens (tertiary/aromatic N) is 1. The number of rotatable bonds is 3. The quantitative estimate of drug-likeness (QED) is 0.852. The van der Waals surface area contributed by atoms with Crippen molar-refractivity contribution in [2.75, 3.05) is 5.73 Å². The molecule has 3 heteroatoms. The summed E-state index contributed by atoms with van der Waals surface area (Å²) in [4.78, 5) is 0. The molecule has 88 valence electrons. The van der Waals surface area contributed by atoms with Gasteiger partial charge in [0.2, 0.25) is 5.88 Å². The minimum absolute atomic E-state index is 0.546. The Labute approximate surface area is 96.4 Å². The Kier molecular flexibility index (Phi) is 2.23. The van der Waals surface area contributed by atoms with E-state index in [9.17, 15) is 0 Å². The van der Waals surface area contributed by atoms with Crippen LogP contribution in [0.25, 0.3) is 0 Å². The molecule has 1 aromatic heterocycles. The summed E-state index contributed by atoms with van der Waals surface area (Å²) in [6, 6.07) is 0. The minimum Gasteiger partial charge on any atom is -0.367 e. The molecule has 0 aliphatic heterocycles. The number of nitrogens with two attached hydrogens (primary N) is 1. The third kappa shape index (κ3) is 1.62. The fourth-order valence-electron chi connectivity index (χ4n) is 3.21. The zero-order valence-corrected chi connectivity index (χ0v) is 10.1. The van der Waals surface area contributed by atoms with E-state index >= 15 is 0 Å². The van der Waals surface area contributed by atoms with Crippen LogP contribution in [0.3, 0.4) is 0 Å². The van der Waals surface area contributed by atoms with Crippen LogP contribution in [0.5, 0.6) is 0 Å². The molecule has 1 aromatic rings. The van der Waals surface area contributed by atoms with Crippen molar-refractivity contribution >= 4 is 5.88 Å². The van der Waals surface area contributed by atoms with Crippen LogP contribution in [-0.2, 0) is 6.42 Å². The SMILES string of the molecule is CC(C)Cc1c(C2CC3CC3C2)noc1N. The highest BCUT2D eigenvalue weighted by Crippen LogP contribution is 2.57. The van der Waals surface area contributed by atoms with Crippen LogP contribution in [-0.4, -0.2) is 5.16 Å². The molecule has 3 rings (SSSR count). The van der Waals surface area contributed by atoms with Gasteiger partial charge in [-0.05, 0) is 43.4 Å². The average Bonchev–Trinajstić information content (AvgIpc) is 2.66. The van der Waals surface area contributed by atoms with Gasteiger partial charge < -0.3 is 10.3 Å². The molecule has 2 fully saturated rings. The normalized spacial score (nSPS) is 32.1. The van der Waals surface area contributed by atoms with Gasteiger partial charge in [0.25, 0.3) is 0 Å². The first kappa shape index (κ1) is 10.2. The van der Waals surface area contributed by atoms with Crippen molar-refractivity contribution < 1.29 is 4.52 Å². The van der Waals surface area contributed by atoms with E-state index in [1.54, 1.807) is 0 Å². The van der Waals surface area contributed by atoms with Crippen molar-refractivity contribution in [1.29, 1.82) is 0 Å². The summed E-state index contributed by atoms with van der Waals surface area (Å²) < 4.78 is 5.19. The fraction of sp³-hybridized carbons (Fsp3) is 0.769. The van der Waals surface area contributed by atoms with Gasteiger partial charge in [-0.15, -0.1) is 0 Å². The molecule has 2 aliphatic carbocycles. The van der Waals surface area contributed by atoms with Gasteiger partial charge in [-0.3, -0.25) is 0 Å². The Hall–Kier alpha value is -0.990. The number of hydrogen-bond donors (Lipinski definition) is 1. The molecule has 16 heavy (non-hydrogen) atoms. The summed E-state index contributed by atoms with van der Waals surface area (Å²) >= 11 is 0. The molecule has 0 spiro atoms. The second-order valence-electron chi connectivity index (χ2n) is 5.93. The van der Waals surface area contributed by atoms with E-state index in [-0.39, 0.29) is 0 Å². The molecular weight excluding hydrogens is 200 g/mol. The molecule has 0 bridgehead atoms. The van der Waals surface area contributed by atoms with Crippen molar-refractivity contribution in [2.24, 2.45) is 17.8 Å². The first-order valence-corrected chi connectivity index (χ1v) is 6.39. The molecule has 2 aliphatic rings. The van der Waals surface area contributed by atoms with Gasteiger partial charge in [0.15, 0.2) is 0 Å². The number of anilines is 1. The van der Waals surface area contributed by atoms with E-state index in [1.807, 2.05) is 0 Å². The van der Waals surface area contributed by atoms with Gasteiger partial charge in [-0.1, -0.05) is 19.0 Å². The minimum atomic E-state index is 0.546. The maximum absolute atomic E-state index is 5.87. The molecule has 0 saturated heterocycles. The Morgan fingerprint density at radius 1 is 1.31 bits per heavy atom. The highest BCUT2D eigenvalue weighted by atomic mass is 16.5. The van der Waals surface area contributed by atoms with E-state index in [4.69, 9.17) is 10.3 Å². The topological polar surface area (TPSA) is 52.0 Å². The summed E-state index contributed by atoms with van der Waals surface area (Å²) in [6.45, 7) is 4.42. The van der Waals surface area contributed by atoms with Crippen molar-refractivity contribution in [3.05, 3.63) is 11.3 Å². The Morgan fingerprint density at radius 2 is 2.00 bits per heavy atom. The molecule has 3 nitrogen and oxygen atoms in total. The molecule has 0 aromatic carbocycles. The fourth-order valence-corrected chi connectivity index (χ4v) is 3.21. The van der Waals surface area contributed by atoms with Crippen LogP contribution in [0.15, 0.2) is 4.52 Å². The van der Waals surface area contributed by atoms with Crippen LogP contribution < -0.4 is 5.73 Å². The molecule has 0 radical (unpaired) electrons. The summed E-state index contributed by atoms with van der Waals surface area (Å²) in [5.74, 6) is 3.74. The molecule has 1 heterocycles. The second kappa shape index (κ2) is 3.51. The molecule has 0 amide bonds. The van der Waals surface area contributed by atoms with Crippen molar-refractivity contribution in [2.45, 2.75) is 45.4 Å². The van der Waals surface area contributed by atoms with Crippen molar-refractivity contribution in [1.82, 2.24) is 5.16 Å². The van der Waals surface area contributed by atoms with Gasteiger partial charge >= 0.3 is 0 Å². The number of hydrogen-bond acceptors (Lipinski definition) is 3. The predicted octanol–water partition coefficient (Wildman–Crippen LogP) is 2.97. The standard InChI is InChI=1S/C13H20N2O/c1-7(2)3-11-12(15-16-13(11)14)10-5-8-4-9(8)6-10/h7-10H,3-6,14H2,1-2H3. The molecule has 2 saturated carbocycles. The maximum atomic E-state index is 5.87. The lowest BCUT2D eigenvalue weighted by Crippen LogP contribution is -2.04. The van der Waals surface area contributed by atoms with Crippen LogP contribution in [0, 0.1) is 17.8 Å². The van der Waals surface area contributed by atoms with Gasteiger partial charge in [0, 0.05) is 11.5 Å². The van der Waals surface area contributed by atoms with Crippen LogP contribution in [0.2, 0.25) is 0 Å². The van der Waals surface area contributed by atoms with Crippen molar-refractivity contribution in [3.63, 3.8) is 0 Å². The first-order valence-electron chi connectivity index (χ1n) is 6.39. The average molecular weight is 220 g/mol. The second-order valence-corrected chi connectivity index (χ2v) is 5.93. The van der Waals surface area contributed by atoms with Gasteiger partial charge in [-0.2, -0.15) is 0 Å². The monoisotopic (exact) mass is 220 g/mol. The number of fused-ring (bicyclic) bond motifs is 1. The van der Waals surface area contributed by atoms with E-state index in [2.05, 4.69) is 19.0 Å². The summed E-state index contributed by atoms with van der Waals surface area (Å²) in [7, 11) is 0. The largest absolute Gasteiger partial charge is 0.367 e. The van der Waals surface area contributed by atoms with Gasteiger partial charge in [0.1, 0.15) is 0 Å². The van der Waals surface area contributed by atoms with E-state index < -0.39 is 0 Å².